The van der Waals surface area contributed by atoms with E-state index in [9.17, 15) is 0 Å². The zero-order valence-electron chi connectivity index (χ0n) is 79.7. The molecule has 0 aliphatic rings. The molecule has 145 heavy (non-hydrogen) atoms. The van der Waals surface area contributed by atoms with Gasteiger partial charge in [0.15, 0.2) is 0 Å². The van der Waals surface area contributed by atoms with Crippen LogP contribution >= 0.6 is 0 Å². The lowest BCUT2D eigenvalue weighted by Crippen LogP contribution is -2.12. The van der Waals surface area contributed by atoms with Gasteiger partial charge >= 0.3 is 0 Å². The molecule has 0 unspecified atom stereocenters. The number of fused-ring (bicyclic) bond motifs is 19. The van der Waals surface area contributed by atoms with Gasteiger partial charge in [-0.15, -0.1) is 0 Å². The van der Waals surface area contributed by atoms with Crippen LogP contribution in [0.4, 0.5) is 51.2 Å². The molecule has 0 amide bonds. The Labute approximate surface area is 842 Å². The molecule has 0 aliphatic carbocycles. The molecule has 3 heteroatoms. The van der Waals surface area contributed by atoms with E-state index >= 15 is 0 Å². The molecule has 0 aromatic heterocycles. The van der Waals surface area contributed by atoms with E-state index < -0.39 is 0 Å². The number of benzene rings is 28. The summed E-state index contributed by atoms with van der Waals surface area (Å²) in [5, 5.41) is 32.7. The van der Waals surface area contributed by atoms with E-state index in [1.165, 1.54) is 207 Å². The molecule has 0 heterocycles. The van der Waals surface area contributed by atoms with Crippen molar-refractivity contribution in [1.29, 1.82) is 0 Å². The Balaban J connectivity index is 0.000000111. The Morgan fingerprint density at radius 3 is 0.690 bits per heavy atom. The van der Waals surface area contributed by atoms with Gasteiger partial charge in [0, 0.05) is 50.2 Å². The van der Waals surface area contributed by atoms with Crippen LogP contribution in [0.1, 0.15) is 0 Å². The van der Waals surface area contributed by atoms with Crippen molar-refractivity contribution in [2.45, 2.75) is 0 Å². The summed E-state index contributed by atoms with van der Waals surface area (Å²) in [6, 6.07) is 210. The van der Waals surface area contributed by atoms with Gasteiger partial charge in [-0.2, -0.15) is 0 Å². The molecule has 28 rings (SSSR count). The van der Waals surface area contributed by atoms with E-state index in [1.807, 2.05) is 0 Å². The molecule has 0 spiro atoms. The highest BCUT2D eigenvalue weighted by Crippen LogP contribution is 2.51. The Morgan fingerprint density at radius 2 is 0.317 bits per heavy atom. The maximum atomic E-state index is 2.44. The highest BCUT2D eigenvalue weighted by atomic mass is 15.2. The lowest BCUT2D eigenvalue weighted by Gasteiger charge is -2.30. The van der Waals surface area contributed by atoms with Gasteiger partial charge in [-0.3, -0.25) is 0 Å². The predicted octanol–water partition coefficient (Wildman–Crippen LogP) is 40.5. The van der Waals surface area contributed by atoms with Crippen LogP contribution in [0.25, 0.3) is 207 Å². The molecule has 0 atom stereocenters. The summed E-state index contributed by atoms with van der Waals surface area (Å²) in [5.41, 5.74) is 24.8. The van der Waals surface area contributed by atoms with Gasteiger partial charge in [0.2, 0.25) is 0 Å². The van der Waals surface area contributed by atoms with E-state index in [1.54, 1.807) is 0 Å². The van der Waals surface area contributed by atoms with Gasteiger partial charge in [0.1, 0.15) is 0 Å². The Morgan fingerprint density at radius 1 is 0.0897 bits per heavy atom. The van der Waals surface area contributed by atoms with Gasteiger partial charge < -0.3 is 14.7 Å². The first kappa shape index (κ1) is 86.3. The summed E-state index contributed by atoms with van der Waals surface area (Å²) < 4.78 is 0. The van der Waals surface area contributed by atoms with E-state index in [2.05, 4.69) is 591 Å². The first-order valence-corrected chi connectivity index (χ1v) is 50.0. The van der Waals surface area contributed by atoms with Crippen molar-refractivity contribution in [2.24, 2.45) is 0 Å². The normalized spacial score (nSPS) is 11.4. The number of rotatable bonds is 15. The SMILES string of the molecule is c1ccc(-c2cccc(N(c3ccc(-c4cc5ccccc5c5ccccc45)cc3)c3cc4ccccc4c4ccccc34)c2)cc1.c1ccc(-c2ccccc2N(c2ccc(-c3cc4ccccc4c4ccccc34)cc2)c2cc3ccccc3c3ccccc23)cc1.c1ccc2c(-c3ccc(N(c4ccc(-c5cc6ccccc6c6ccccc56)cc4)c4cc5ccccc5c5ccccc45)cc3)cccc2c1. The molecule has 0 aliphatic heterocycles. The fraction of sp³-hybridized carbons (Fsp3) is 0. The number of anilines is 9. The van der Waals surface area contributed by atoms with Crippen LogP contribution in [-0.2, 0) is 0 Å². The van der Waals surface area contributed by atoms with Crippen LogP contribution in [0.15, 0.2) is 576 Å². The van der Waals surface area contributed by atoms with Gasteiger partial charge in [-0.05, 0) is 288 Å². The summed E-state index contributed by atoms with van der Waals surface area (Å²) in [4.78, 5) is 7.28. The topological polar surface area (TPSA) is 9.72 Å². The van der Waals surface area contributed by atoms with Crippen LogP contribution in [0.5, 0.6) is 0 Å². The van der Waals surface area contributed by atoms with Crippen molar-refractivity contribution < 1.29 is 0 Å². The van der Waals surface area contributed by atoms with Crippen molar-refractivity contribution in [2.75, 3.05) is 14.7 Å². The fourth-order valence-electron chi connectivity index (χ4n) is 22.4. The van der Waals surface area contributed by atoms with Crippen molar-refractivity contribution in [3.63, 3.8) is 0 Å². The molecule has 0 N–H and O–H groups in total. The molecule has 0 fully saturated rings. The Hall–Kier alpha value is -19.1. The van der Waals surface area contributed by atoms with Gasteiger partial charge in [0.05, 0.1) is 22.7 Å². The number of nitrogens with zero attached hydrogens (tertiary/aromatic N) is 3. The van der Waals surface area contributed by atoms with E-state index in [4.69, 9.17) is 0 Å². The molecule has 0 saturated carbocycles. The largest absolute Gasteiger partial charge is 0.310 e. The molecule has 0 bridgehead atoms. The second-order valence-corrected chi connectivity index (χ2v) is 37.6. The van der Waals surface area contributed by atoms with Crippen molar-refractivity contribution in [1.82, 2.24) is 0 Å². The van der Waals surface area contributed by atoms with Crippen LogP contribution in [0, 0.1) is 0 Å². The molecule has 28 aromatic rings. The lowest BCUT2D eigenvalue weighted by atomic mass is 9.93. The average Bonchev–Trinajstić information content (AvgIpc) is 0.752. The van der Waals surface area contributed by atoms with Crippen LogP contribution in [0.3, 0.4) is 0 Å². The zero-order chi connectivity index (χ0) is 96.0. The van der Waals surface area contributed by atoms with E-state index in [0.29, 0.717) is 0 Å². The number of para-hydroxylation sites is 1. The second-order valence-electron chi connectivity index (χ2n) is 37.6. The van der Waals surface area contributed by atoms with Gasteiger partial charge in [0.25, 0.3) is 0 Å². The van der Waals surface area contributed by atoms with E-state index in [0.717, 1.165) is 51.2 Å². The van der Waals surface area contributed by atoms with Crippen LogP contribution < -0.4 is 14.7 Å². The average molecular weight is 1840 g/mol. The third-order valence-corrected chi connectivity index (χ3v) is 29.2. The summed E-state index contributed by atoms with van der Waals surface area (Å²) in [5.74, 6) is 0. The minimum atomic E-state index is 1.11. The molecular weight excluding hydrogens is 1750 g/mol. The Bertz CT molecular complexity index is 9820. The highest BCUT2D eigenvalue weighted by molar-refractivity contribution is 6.21. The van der Waals surface area contributed by atoms with E-state index in [-0.39, 0.29) is 0 Å². The first-order valence-electron chi connectivity index (χ1n) is 50.0. The minimum absolute atomic E-state index is 1.11. The van der Waals surface area contributed by atoms with Crippen molar-refractivity contribution >= 4 is 191 Å². The minimum Gasteiger partial charge on any atom is -0.310 e. The second kappa shape index (κ2) is 37.6. The smallest absolute Gasteiger partial charge is 0.0546 e. The maximum Gasteiger partial charge on any atom is 0.0546 e. The molecule has 28 aromatic carbocycles. The van der Waals surface area contributed by atoms with Crippen LogP contribution in [0.2, 0.25) is 0 Å². The van der Waals surface area contributed by atoms with Crippen molar-refractivity contribution in [3.05, 3.63) is 576 Å². The van der Waals surface area contributed by atoms with Gasteiger partial charge in [-0.1, -0.05) is 473 Å². The molecule has 678 valence electrons. The lowest BCUT2D eigenvalue weighted by molar-refractivity contribution is 1.30. The van der Waals surface area contributed by atoms with Crippen molar-refractivity contribution in [3.8, 4) is 66.8 Å². The quantitative estimate of drug-likeness (QED) is 0.0947. The maximum absolute atomic E-state index is 2.44. The standard InChI is InChI=1S/C50H33N.2C46H31N/c1-4-16-41-34(12-1)15-11-23-42(41)35-24-28-39(29-25-35)51(50-33-38-14-3-6-18-44(38)46-20-9-10-22-48(46)50)40-30-26-36(27-31-40)49-32-37-13-2-5-17-43(37)45-19-7-8-21-47(45)49;1-2-14-32(15-3-1)39-20-12-13-25-45(39)47(46-31-35-17-5-7-19-38(35)41-22-10-11-24-43(41)46)36-28-26-33(27-29-36)44-30-34-16-4-6-18-37(34)40-21-8-9-23-42(40)44;1-2-13-32(14-3-1)34-17-12-18-38(29-34)47(46-31-36-16-5-7-20-40(36)42-22-10-11-24-44(42)46)37-27-25-33(26-28-37)45-30-35-15-4-6-19-39(35)41-21-8-9-23-43(41)45/h1-33H;2*1-31H. The number of hydrogen-bond acceptors (Lipinski definition) is 3. The molecular formula is C142H95N3. The molecule has 3 nitrogen and oxygen atoms in total. The van der Waals surface area contributed by atoms with Gasteiger partial charge in [-0.25, -0.2) is 0 Å². The summed E-state index contributed by atoms with van der Waals surface area (Å²) in [6.45, 7) is 0. The first-order chi connectivity index (χ1) is 71.9. The third kappa shape index (κ3) is 16.1. The summed E-state index contributed by atoms with van der Waals surface area (Å²) in [7, 11) is 0. The highest BCUT2D eigenvalue weighted by Gasteiger charge is 2.26. The zero-order valence-corrected chi connectivity index (χ0v) is 79.7. The third-order valence-electron chi connectivity index (χ3n) is 29.2. The summed E-state index contributed by atoms with van der Waals surface area (Å²) in [6.07, 6.45) is 0. The fourth-order valence-corrected chi connectivity index (χ4v) is 22.4. The Kier molecular flexibility index (Phi) is 22.4. The monoisotopic (exact) mass is 1840 g/mol. The van der Waals surface area contributed by atoms with Crippen LogP contribution in [-0.4, -0.2) is 0 Å². The predicted molar refractivity (Wildman–Crippen MR) is 624 cm³/mol. The molecule has 0 saturated heterocycles. The summed E-state index contributed by atoms with van der Waals surface area (Å²) >= 11 is 0. The number of hydrogen-bond donors (Lipinski definition) is 0. The molecule has 0 radical (unpaired) electrons.